The Hall–Kier alpha value is -2.99. The minimum Gasteiger partial charge on any atom is -0.496 e. The van der Waals surface area contributed by atoms with Crippen LogP contribution >= 0.6 is 0 Å². The van der Waals surface area contributed by atoms with Gasteiger partial charge in [0, 0.05) is 23.3 Å². The third-order valence-electron chi connectivity index (χ3n) is 5.40. The monoisotopic (exact) mass is 409 g/mol. The number of para-hydroxylation sites is 1. The molecule has 2 atom stereocenters. The minimum absolute atomic E-state index is 0.0203. The Morgan fingerprint density at radius 2 is 1.70 bits per heavy atom. The van der Waals surface area contributed by atoms with Crippen molar-refractivity contribution >= 4 is 23.2 Å². The molecule has 1 aliphatic heterocycles. The SMILES string of the molecule is COc1ccccc1C1C(C(=O)C(C)(C)C)C(=O)C(=O)N1c1ccc(CCO)cc1. The van der Waals surface area contributed by atoms with Gasteiger partial charge in [0.1, 0.15) is 11.7 Å². The molecule has 1 amide bonds. The van der Waals surface area contributed by atoms with Gasteiger partial charge in [-0.1, -0.05) is 51.1 Å². The number of ketones is 2. The van der Waals surface area contributed by atoms with Crippen molar-refractivity contribution in [3.8, 4) is 5.75 Å². The average Bonchev–Trinajstić information content (AvgIpc) is 2.98. The van der Waals surface area contributed by atoms with Crippen LogP contribution in [0.2, 0.25) is 0 Å². The maximum Gasteiger partial charge on any atom is 0.295 e. The van der Waals surface area contributed by atoms with Crippen molar-refractivity contribution < 1.29 is 24.2 Å². The highest BCUT2D eigenvalue weighted by molar-refractivity contribution is 6.48. The van der Waals surface area contributed by atoms with Gasteiger partial charge >= 0.3 is 0 Å². The van der Waals surface area contributed by atoms with Gasteiger partial charge in [0.15, 0.2) is 5.78 Å². The van der Waals surface area contributed by atoms with E-state index < -0.39 is 29.1 Å². The largest absolute Gasteiger partial charge is 0.496 e. The van der Waals surface area contributed by atoms with Crippen LogP contribution in [0.4, 0.5) is 5.69 Å². The molecule has 1 saturated heterocycles. The van der Waals surface area contributed by atoms with Crippen LogP contribution in [0.1, 0.15) is 37.9 Å². The van der Waals surface area contributed by atoms with Gasteiger partial charge in [0.2, 0.25) is 5.78 Å². The smallest absolute Gasteiger partial charge is 0.295 e. The Morgan fingerprint density at radius 1 is 1.07 bits per heavy atom. The number of Topliss-reactive ketones (excluding diaryl/α,β-unsaturated/α-hetero) is 2. The van der Waals surface area contributed by atoms with E-state index in [4.69, 9.17) is 9.84 Å². The molecule has 2 unspecified atom stereocenters. The van der Waals surface area contributed by atoms with Crippen LogP contribution in [0.25, 0.3) is 0 Å². The maximum absolute atomic E-state index is 13.3. The first-order valence-electron chi connectivity index (χ1n) is 9.95. The van der Waals surface area contributed by atoms with Crippen LogP contribution in [0.15, 0.2) is 48.5 Å². The van der Waals surface area contributed by atoms with E-state index >= 15 is 0 Å². The summed E-state index contributed by atoms with van der Waals surface area (Å²) in [5.74, 6) is -2.30. The van der Waals surface area contributed by atoms with Gasteiger partial charge in [-0.2, -0.15) is 0 Å². The van der Waals surface area contributed by atoms with Crippen molar-refractivity contribution in [3.05, 3.63) is 59.7 Å². The number of aliphatic hydroxyl groups excluding tert-OH is 1. The van der Waals surface area contributed by atoms with Gasteiger partial charge in [-0.15, -0.1) is 0 Å². The number of rotatable bonds is 6. The Kier molecular flexibility index (Phi) is 6.08. The molecule has 0 spiro atoms. The number of ether oxygens (including phenoxy) is 1. The highest BCUT2D eigenvalue weighted by Crippen LogP contribution is 2.45. The first-order chi connectivity index (χ1) is 14.2. The molecule has 1 aliphatic rings. The van der Waals surface area contributed by atoms with Crippen molar-refractivity contribution in [1.82, 2.24) is 0 Å². The molecule has 30 heavy (non-hydrogen) atoms. The predicted molar refractivity (Wildman–Crippen MR) is 113 cm³/mol. The number of benzene rings is 2. The van der Waals surface area contributed by atoms with Crippen molar-refractivity contribution in [2.75, 3.05) is 18.6 Å². The summed E-state index contributed by atoms with van der Waals surface area (Å²) in [5, 5.41) is 9.14. The first kappa shape index (κ1) is 21.7. The van der Waals surface area contributed by atoms with Crippen LogP contribution in [0.3, 0.4) is 0 Å². The van der Waals surface area contributed by atoms with Crippen LogP contribution in [0, 0.1) is 11.3 Å². The van der Waals surface area contributed by atoms with E-state index in [0.717, 1.165) is 5.56 Å². The molecular formula is C24H27NO5. The van der Waals surface area contributed by atoms with E-state index in [1.54, 1.807) is 57.2 Å². The molecule has 1 N–H and O–H groups in total. The van der Waals surface area contributed by atoms with E-state index in [9.17, 15) is 14.4 Å². The van der Waals surface area contributed by atoms with E-state index in [2.05, 4.69) is 0 Å². The zero-order valence-electron chi connectivity index (χ0n) is 17.7. The number of aliphatic hydroxyl groups is 1. The molecule has 0 bridgehead atoms. The zero-order chi connectivity index (χ0) is 22.1. The molecule has 6 heteroatoms. The number of hydrogen-bond acceptors (Lipinski definition) is 5. The summed E-state index contributed by atoms with van der Waals surface area (Å²) in [5.41, 5.74) is 1.26. The Morgan fingerprint density at radius 3 is 2.27 bits per heavy atom. The fourth-order valence-corrected chi connectivity index (χ4v) is 3.86. The first-order valence-corrected chi connectivity index (χ1v) is 9.95. The molecule has 0 radical (unpaired) electrons. The molecule has 1 heterocycles. The number of carbonyl (C=O) groups excluding carboxylic acids is 3. The second kappa shape index (κ2) is 8.40. The highest BCUT2D eigenvalue weighted by Gasteiger charge is 2.54. The molecule has 0 aliphatic carbocycles. The fraction of sp³-hybridized carbons (Fsp3) is 0.375. The number of nitrogens with zero attached hydrogens (tertiary/aromatic N) is 1. The van der Waals surface area contributed by atoms with E-state index in [-0.39, 0.29) is 12.4 Å². The van der Waals surface area contributed by atoms with Crippen molar-refractivity contribution in [2.24, 2.45) is 11.3 Å². The zero-order valence-corrected chi connectivity index (χ0v) is 17.7. The lowest BCUT2D eigenvalue weighted by Crippen LogP contribution is -2.36. The van der Waals surface area contributed by atoms with Gasteiger partial charge in [0.05, 0.1) is 13.2 Å². The molecule has 0 saturated carbocycles. The molecule has 2 aromatic rings. The summed E-state index contributed by atoms with van der Waals surface area (Å²) < 4.78 is 5.49. The van der Waals surface area contributed by atoms with Crippen LogP contribution < -0.4 is 9.64 Å². The van der Waals surface area contributed by atoms with Crippen LogP contribution in [0.5, 0.6) is 5.75 Å². The summed E-state index contributed by atoms with van der Waals surface area (Å²) in [7, 11) is 1.52. The lowest BCUT2D eigenvalue weighted by Gasteiger charge is -2.30. The molecule has 3 rings (SSSR count). The highest BCUT2D eigenvalue weighted by atomic mass is 16.5. The summed E-state index contributed by atoms with van der Waals surface area (Å²) in [6, 6.07) is 13.4. The second-order valence-corrected chi connectivity index (χ2v) is 8.46. The predicted octanol–water partition coefficient (Wildman–Crippen LogP) is 3.12. The molecule has 1 fully saturated rings. The topological polar surface area (TPSA) is 83.9 Å². The molecule has 0 aromatic heterocycles. The summed E-state index contributed by atoms with van der Waals surface area (Å²) in [6.07, 6.45) is 0.494. The minimum atomic E-state index is -1.12. The summed E-state index contributed by atoms with van der Waals surface area (Å²) in [4.78, 5) is 40.8. The summed E-state index contributed by atoms with van der Waals surface area (Å²) in [6.45, 7) is 5.27. The van der Waals surface area contributed by atoms with E-state index in [1.807, 2.05) is 12.1 Å². The van der Waals surface area contributed by atoms with Crippen molar-refractivity contribution in [2.45, 2.75) is 33.2 Å². The number of amides is 1. The molecule has 6 nitrogen and oxygen atoms in total. The van der Waals surface area contributed by atoms with Crippen LogP contribution in [-0.2, 0) is 20.8 Å². The fourth-order valence-electron chi connectivity index (χ4n) is 3.86. The van der Waals surface area contributed by atoms with Crippen LogP contribution in [-0.4, -0.2) is 36.3 Å². The quantitative estimate of drug-likeness (QED) is 0.585. The van der Waals surface area contributed by atoms with Gasteiger partial charge in [-0.25, -0.2) is 0 Å². The van der Waals surface area contributed by atoms with Crippen molar-refractivity contribution in [3.63, 3.8) is 0 Å². The third-order valence-corrected chi connectivity index (χ3v) is 5.40. The van der Waals surface area contributed by atoms with Gasteiger partial charge in [-0.05, 0) is 30.2 Å². The maximum atomic E-state index is 13.3. The normalized spacial score (nSPS) is 19.3. The summed E-state index contributed by atoms with van der Waals surface area (Å²) >= 11 is 0. The standard InChI is InChI=1S/C24H27NO5/c1-24(2,3)22(28)19-20(17-7-5-6-8-18(17)30-4)25(23(29)21(19)27)16-11-9-15(10-12-16)13-14-26/h5-12,19-20,26H,13-14H2,1-4H3. The van der Waals surface area contributed by atoms with Gasteiger partial charge in [0.25, 0.3) is 5.91 Å². The lowest BCUT2D eigenvalue weighted by atomic mass is 9.77. The molecule has 2 aromatic carbocycles. The second-order valence-electron chi connectivity index (χ2n) is 8.46. The van der Waals surface area contributed by atoms with Gasteiger partial charge in [-0.3, -0.25) is 19.3 Å². The number of carbonyl (C=O) groups is 3. The van der Waals surface area contributed by atoms with Gasteiger partial charge < -0.3 is 9.84 Å². The molecule has 158 valence electrons. The Bertz CT molecular complexity index is 958. The Balaban J connectivity index is 2.17. The Labute approximate surface area is 176 Å². The number of methoxy groups -OCH3 is 1. The number of anilines is 1. The van der Waals surface area contributed by atoms with E-state index in [0.29, 0.717) is 23.4 Å². The van der Waals surface area contributed by atoms with E-state index in [1.165, 1.54) is 12.0 Å². The molecular weight excluding hydrogens is 382 g/mol. The average molecular weight is 409 g/mol. The van der Waals surface area contributed by atoms with Crippen molar-refractivity contribution in [1.29, 1.82) is 0 Å². The lowest BCUT2D eigenvalue weighted by molar-refractivity contribution is -0.141. The third kappa shape index (κ3) is 3.87. The number of hydrogen-bond donors (Lipinski definition) is 1.